The molecule has 0 aromatic heterocycles. The number of halogens is 5. The Labute approximate surface area is 281 Å². The van der Waals surface area contributed by atoms with Crippen molar-refractivity contribution in [1.29, 1.82) is 0 Å². The van der Waals surface area contributed by atoms with E-state index in [9.17, 15) is 36.3 Å². The minimum Gasteiger partial charge on any atom is -0.483 e. The van der Waals surface area contributed by atoms with Gasteiger partial charge in [-0.1, -0.05) is 0 Å². The molecule has 0 aliphatic carbocycles. The first-order chi connectivity index (χ1) is 23.5. The molecule has 282 valence electrons. The molecule has 0 spiro atoms. The summed E-state index contributed by atoms with van der Waals surface area (Å²) in [4.78, 5) is 44.8. The van der Waals surface area contributed by atoms with Crippen molar-refractivity contribution < 1.29 is 65.2 Å². The van der Waals surface area contributed by atoms with Gasteiger partial charge in [0.05, 0.1) is 64.5 Å². The maximum Gasteiger partial charge on any atom is 0.290 e. The van der Waals surface area contributed by atoms with Gasteiger partial charge in [-0.05, 0) is 25.7 Å². The van der Waals surface area contributed by atoms with E-state index in [1.165, 1.54) is 0 Å². The van der Waals surface area contributed by atoms with E-state index in [4.69, 9.17) is 40.3 Å². The number of nitrogens with one attached hydrogen (secondary N) is 3. The number of hydrogen-bond acceptors (Lipinski definition) is 10. The highest BCUT2D eigenvalue weighted by molar-refractivity contribution is 5.77. The monoisotopic (exact) mass is 717 g/mol. The van der Waals surface area contributed by atoms with Crippen molar-refractivity contribution in [3.05, 3.63) is 34.6 Å². The standard InChI is InChI=1S/C29H46F5N5O7.CH2O2/c30-25-24(26(31)28(33)29(34)27(25)32)20(4-1-2-10-37-21(40)6-12-43-16-18-45-14-8-35)39-23(42)5-3-11-38-22(41)7-13-44-17-19-46-15-9-36;2-1-3/h20H,1-19,35-36H2,(H,37,40)(H,38,41)(H,39,42);1H,(H,2,3). The highest BCUT2D eigenvalue weighted by atomic mass is 19.2. The molecule has 14 nitrogen and oxygen atoms in total. The number of benzene rings is 1. The van der Waals surface area contributed by atoms with Crippen molar-refractivity contribution in [2.45, 2.75) is 51.0 Å². The van der Waals surface area contributed by atoms with Gasteiger partial charge < -0.3 is 51.5 Å². The van der Waals surface area contributed by atoms with Crippen molar-refractivity contribution in [2.75, 3.05) is 79.0 Å². The summed E-state index contributed by atoms with van der Waals surface area (Å²) < 4.78 is 91.5. The number of unbranched alkanes of at least 4 members (excludes halogenated alkanes) is 1. The number of carboxylic acid groups (broad SMARTS) is 1. The lowest BCUT2D eigenvalue weighted by molar-refractivity contribution is -0.124. The molecule has 1 aromatic carbocycles. The summed E-state index contributed by atoms with van der Waals surface area (Å²) in [6, 6.07) is -1.54. The SMILES string of the molecule is NCCOCCOCCC(=O)NCCCCC(NC(=O)CCCNC(=O)CCOCCOCCN)c1c(F)c(F)c(F)c(F)c1F.O=CO. The van der Waals surface area contributed by atoms with Gasteiger partial charge in [0.1, 0.15) is 0 Å². The molecule has 0 saturated heterocycles. The molecule has 0 aliphatic rings. The van der Waals surface area contributed by atoms with Crippen LogP contribution in [-0.2, 0) is 38.1 Å². The van der Waals surface area contributed by atoms with Gasteiger partial charge in [-0.15, -0.1) is 0 Å². The van der Waals surface area contributed by atoms with Crippen molar-refractivity contribution in [1.82, 2.24) is 16.0 Å². The van der Waals surface area contributed by atoms with Crippen molar-refractivity contribution in [3.8, 4) is 0 Å². The lowest BCUT2D eigenvalue weighted by atomic mass is 9.98. The van der Waals surface area contributed by atoms with Crippen LogP contribution in [0.2, 0.25) is 0 Å². The Kier molecular flexibility index (Phi) is 27.3. The topological polar surface area (TPSA) is 214 Å². The van der Waals surface area contributed by atoms with Gasteiger partial charge in [0.2, 0.25) is 23.5 Å². The van der Waals surface area contributed by atoms with E-state index in [0.29, 0.717) is 52.7 Å². The third-order valence-corrected chi connectivity index (χ3v) is 6.29. The van der Waals surface area contributed by atoms with Crippen LogP contribution in [0.25, 0.3) is 0 Å². The molecular weight excluding hydrogens is 669 g/mol. The van der Waals surface area contributed by atoms with E-state index in [2.05, 4.69) is 16.0 Å². The average Bonchev–Trinajstić information content (AvgIpc) is 3.07. The summed E-state index contributed by atoms with van der Waals surface area (Å²) >= 11 is 0. The van der Waals surface area contributed by atoms with Gasteiger partial charge in [0.25, 0.3) is 6.47 Å². The second kappa shape index (κ2) is 29.4. The lowest BCUT2D eigenvalue weighted by Crippen LogP contribution is -2.32. The first kappa shape index (κ1) is 45.5. The van der Waals surface area contributed by atoms with Crippen LogP contribution < -0.4 is 27.4 Å². The van der Waals surface area contributed by atoms with Crippen LogP contribution in [0.15, 0.2) is 0 Å². The molecule has 0 aliphatic heterocycles. The maximum atomic E-state index is 14.6. The number of amides is 3. The second-order valence-electron chi connectivity index (χ2n) is 10.0. The summed E-state index contributed by atoms with van der Waals surface area (Å²) in [7, 11) is 0. The number of carbonyl (C=O) groups is 4. The molecule has 0 heterocycles. The van der Waals surface area contributed by atoms with Crippen molar-refractivity contribution in [3.63, 3.8) is 0 Å². The molecule has 8 N–H and O–H groups in total. The molecular formula is C30H48F5N5O9. The van der Waals surface area contributed by atoms with Gasteiger partial charge in [0.15, 0.2) is 23.3 Å². The van der Waals surface area contributed by atoms with E-state index in [-0.39, 0.29) is 89.5 Å². The van der Waals surface area contributed by atoms with Crippen LogP contribution in [0, 0.1) is 29.1 Å². The van der Waals surface area contributed by atoms with Gasteiger partial charge in [0, 0.05) is 45.4 Å². The molecule has 1 unspecified atom stereocenters. The van der Waals surface area contributed by atoms with E-state index >= 15 is 0 Å². The van der Waals surface area contributed by atoms with Crippen molar-refractivity contribution >= 4 is 24.2 Å². The largest absolute Gasteiger partial charge is 0.483 e. The molecule has 0 saturated carbocycles. The molecule has 49 heavy (non-hydrogen) atoms. The van der Waals surface area contributed by atoms with Gasteiger partial charge in [-0.2, -0.15) is 0 Å². The summed E-state index contributed by atoms with van der Waals surface area (Å²) in [6.45, 7) is 3.24. The zero-order chi connectivity index (χ0) is 36.9. The highest BCUT2D eigenvalue weighted by Crippen LogP contribution is 2.30. The predicted molar refractivity (Wildman–Crippen MR) is 166 cm³/mol. The van der Waals surface area contributed by atoms with Crippen LogP contribution >= 0.6 is 0 Å². The Hall–Kier alpha value is -3.49. The Morgan fingerprint density at radius 1 is 0.612 bits per heavy atom. The third kappa shape index (κ3) is 21.3. The zero-order valence-electron chi connectivity index (χ0n) is 27.3. The number of ether oxygens (including phenoxy) is 4. The summed E-state index contributed by atoms with van der Waals surface area (Å²) in [6.07, 6.45) is 0.378. The minimum atomic E-state index is -2.31. The van der Waals surface area contributed by atoms with Gasteiger partial charge in [-0.3, -0.25) is 19.2 Å². The summed E-state index contributed by atoms with van der Waals surface area (Å²) in [5.41, 5.74) is 9.44. The average molecular weight is 718 g/mol. The smallest absolute Gasteiger partial charge is 0.290 e. The van der Waals surface area contributed by atoms with E-state index in [0.717, 1.165) is 0 Å². The van der Waals surface area contributed by atoms with Crippen molar-refractivity contribution in [2.24, 2.45) is 11.5 Å². The maximum absolute atomic E-state index is 14.6. The molecule has 1 rings (SSSR count). The lowest BCUT2D eigenvalue weighted by Gasteiger charge is -2.21. The molecule has 0 radical (unpaired) electrons. The fraction of sp³-hybridized carbons (Fsp3) is 0.667. The summed E-state index contributed by atoms with van der Waals surface area (Å²) in [5, 5.41) is 14.5. The number of nitrogens with two attached hydrogens (primary N) is 2. The summed E-state index contributed by atoms with van der Waals surface area (Å²) in [5.74, 6) is -12.0. The molecule has 0 bridgehead atoms. The normalized spacial score (nSPS) is 11.3. The number of rotatable bonds is 27. The number of hydrogen-bond donors (Lipinski definition) is 6. The van der Waals surface area contributed by atoms with E-state index in [1.807, 2.05) is 0 Å². The van der Waals surface area contributed by atoms with Crippen LogP contribution in [-0.4, -0.2) is 108 Å². The van der Waals surface area contributed by atoms with E-state index < -0.39 is 46.6 Å². The Morgan fingerprint density at radius 3 is 1.47 bits per heavy atom. The van der Waals surface area contributed by atoms with E-state index in [1.54, 1.807) is 0 Å². The first-order valence-electron chi connectivity index (χ1n) is 15.7. The molecule has 1 atom stereocenters. The Bertz CT molecular complexity index is 1080. The highest BCUT2D eigenvalue weighted by Gasteiger charge is 2.31. The minimum absolute atomic E-state index is 0.0741. The van der Waals surface area contributed by atoms with Gasteiger partial charge >= 0.3 is 0 Å². The van der Waals surface area contributed by atoms with Crippen LogP contribution in [0.3, 0.4) is 0 Å². The molecule has 0 fully saturated rings. The fourth-order valence-electron chi connectivity index (χ4n) is 3.98. The zero-order valence-corrected chi connectivity index (χ0v) is 27.3. The first-order valence-corrected chi connectivity index (χ1v) is 15.7. The van der Waals surface area contributed by atoms with Gasteiger partial charge in [-0.25, -0.2) is 22.0 Å². The predicted octanol–water partition coefficient (Wildman–Crippen LogP) is 1.19. The molecule has 3 amide bonds. The van der Waals surface area contributed by atoms with Crippen LogP contribution in [0.5, 0.6) is 0 Å². The van der Waals surface area contributed by atoms with Crippen LogP contribution in [0.1, 0.15) is 56.6 Å². The Balaban J connectivity index is 0.00000738. The second-order valence-corrected chi connectivity index (χ2v) is 10.0. The third-order valence-electron chi connectivity index (χ3n) is 6.29. The molecule has 19 heteroatoms. The molecule has 1 aromatic rings. The Morgan fingerprint density at radius 2 is 1.02 bits per heavy atom. The quantitative estimate of drug-likeness (QED) is 0.0250. The fourth-order valence-corrected chi connectivity index (χ4v) is 3.98. The number of carbonyl (C=O) groups excluding carboxylic acids is 3. The van der Waals surface area contributed by atoms with Crippen LogP contribution in [0.4, 0.5) is 22.0 Å².